The molecule has 1 aliphatic rings. The second-order valence-electron chi connectivity index (χ2n) is 5.92. The molecule has 2 unspecified atom stereocenters. The van der Waals surface area contributed by atoms with E-state index in [9.17, 15) is 9.59 Å². The summed E-state index contributed by atoms with van der Waals surface area (Å²) < 4.78 is 0. The standard InChI is InChI=1S/C16H25N3O2S.ClH/c1-11(18-16(21)14-8-5-9-22-14)15(20)19-13(10-17)12-6-3-2-4-7-12;/h5,8-9,11-13H,2-4,6-7,10,17H2,1H3,(H,18,21)(H,19,20);1H. The number of hydrogen-bond donors (Lipinski definition) is 3. The van der Waals surface area contributed by atoms with Crippen LogP contribution in [0.15, 0.2) is 17.5 Å². The van der Waals surface area contributed by atoms with E-state index in [-0.39, 0.29) is 30.3 Å². The molecule has 130 valence electrons. The molecule has 0 saturated heterocycles. The van der Waals surface area contributed by atoms with Crippen LogP contribution in [0, 0.1) is 5.92 Å². The normalized spacial score (nSPS) is 17.7. The molecular weight excluding hydrogens is 334 g/mol. The fourth-order valence-corrected chi connectivity index (χ4v) is 3.58. The van der Waals surface area contributed by atoms with Crippen molar-refractivity contribution in [3.05, 3.63) is 22.4 Å². The van der Waals surface area contributed by atoms with Gasteiger partial charge in [0.1, 0.15) is 6.04 Å². The smallest absolute Gasteiger partial charge is 0.261 e. The molecule has 1 aliphatic carbocycles. The molecule has 1 aromatic heterocycles. The Balaban J connectivity index is 0.00000264. The van der Waals surface area contributed by atoms with Crippen LogP contribution < -0.4 is 16.4 Å². The number of hydrogen-bond acceptors (Lipinski definition) is 4. The van der Waals surface area contributed by atoms with Gasteiger partial charge in [-0.05, 0) is 37.1 Å². The van der Waals surface area contributed by atoms with E-state index in [4.69, 9.17) is 5.73 Å². The van der Waals surface area contributed by atoms with Crippen molar-refractivity contribution in [1.82, 2.24) is 10.6 Å². The molecule has 0 aromatic carbocycles. The molecule has 1 saturated carbocycles. The zero-order valence-corrected chi connectivity index (χ0v) is 15.1. The van der Waals surface area contributed by atoms with Crippen molar-refractivity contribution in [2.45, 2.75) is 51.1 Å². The zero-order chi connectivity index (χ0) is 15.9. The third-order valence-electron chi connectivity index (χ3n) is 4.29. The molecule has 1 fully saturated rings. The van der Waals surface area contributed by atoms with E-state index < -0.39 is 6.04 Å². The summed E-state index contributed by atoms with van der Waals surface area (Å²) in [5.74, 6) is 0.0911. The van der Waals surface area contributed by atoms with Crippen LogP contribution in [0.4, 0.5) is 0 Å². The van der Waals surface area contributed by atoms with Crippen molar-refractivity contribution in [2.75, 3.05) is 6.54 Å². The Kier molecular flexibility index (Phi) is 8.58. The van der Waals surface area contributed by atoms with Gasteiger partial charge in [-0.3, -0.25) is 9.59 Å². The van der Waals surface area contributed by atoms with Gasteiger partial charge >= 0.3 is 0 Å². The summed E-state index contributed by atoms with van der Waals surface area (Å²) in [5, 5.41) is 7.59. The maximum Gasteiger partial charge on any atom is 0.261 e. The van der Waals surface area contributed by atoms with Gasteiger partial charge in [0.25, 0.3) is 5.91 Å². The molecule has 23 heavy (non-hydrogen) atoms. The van der Waals surface area contributed by atoms with E-state index in [1.165, 1.54) is 30.6 Å². The second-order valence-corrected chi connectivity index (χ2v) is 6.87. The fraction of sp³-hybridized carbons (Fsp3) is 0.625. The molecule has 2 atom stereocenters. The van der Waals surface area contributed by atoms with Crippen molar-refractivity contribution in [2.24, 2.45) is 11.7 Å². The lowest BCUT2D eigenvalue weighted by atomic mass is 9.84. The van der Waals surface area contributed by atoms with Gasteiger partial charge in [0.05, 0.1) is 4.88 Å². The Bertz CT molecular complexity index is 490. The highest BCUT2D eigenvalue weighted by atomic mass is 35.5. The van der Waals surface area contributed by atoms with Gasteiger partial charge in [-0.15, -0.1) is 23.7 Å². The summed E-state index contributed by atoms with van der Waals surface area (Å²) in [5.41, 5.74) is 5.83. The molecule has 0 radical (unpaired) electrons. The highest BCUT2D eigenvalue weighted by Gasteiger charge is 2.26. The zero-order valence-electron chi connectivity index (χ0n) is 13.4. The lowest BCUT2D eigenvalue weighted by molar-refractivity contribution is -0.123. The number of thiophene rings is 1. The Morgan fingerprint density at radius 2 is 2.00 bits per heavy atom. The quantitative estimate of drug-likeness (QED) is 0.728. The largest absolute Gasteiger partial charge is 0.350 e. The lowest BCUT2D eigenvalue weighted by Crippen LogP contribution is -2.52. The number of amides is 2. The molecule has 7 heteroatoms. The minimum Gasteiger partial charge on any atom is -0.350 e. The minimum absolute atomic E-state index is 0. The first-order chi connectivity index (χ1) is 10.6. The van der Waals surface area contributed by atoms with Gasteiger partial charge in [0, 0.05) is 12.6 Å². The van der Waals surface area contributed by atoms with Crippen LogP contribution in [0.25, 0.3) is 0 Å². The molecule has 4 N–H and O–H groups in total. The summed E-state index contributed by atoms with van der Waals surface area (Å²) in [6, 6.07) is 3.01. The Hall–Kier alpha value is -1.11. The third-order valence-corrected chi connectivity index (χ3v) is 5.15. The molecule has 1 aromatic rings. The number of nitrogens with one attached hydrogen (secondary N) is 2. The predicted molar refractivity (Wildman–Crippen MR) is 96.1 cm³/mol. The van der Waals surface area contributed by atoms with Crippen LogP contribution in [0.2, 0.25) is 0 Å². The highest BCUT2D eigenvalue weighted by Crippen LogP contribution is 2.26. The molecule has 2 amide bonds. The SMILES string of the molecule is CC(NC(=O)c1cccs1)C(=O)NC(CN)C1CCCCC1.Cl. The van der Waals surface area contributed by atoms with Crippen LogP contribution in [0.1, 0.15) is 48.7 Å². The van der Waals surface area contributed by atoms with E-state index in [0.717, 1.165) is 12.8 Å². The van der Waals surface area contributed by atoms with Gasteiger partial charge < -0.3 is 16.4 Å². The molecule has 5 nitrogen and oxygen atoms in total. The van der Waals surface area contributed by atoms with E-state index >= 15 is 0 Å². The highest BCUT2D eigenvalue weighted by molar-refractivity contribution is 7.12. The average Bonchev–Trinajstić information content (AvgIpc) is 3.07. The van der Waals surface area contributed by atoms with Crippen molar-refractivity contribution in [3.8, 4) is 0 Å². The minimum atomic E-state index is -0.563. The first-order valence-corrected chi connectivity index (χ1v) is 8.84. The van der Waals surface area contributed by atoms with Crippen molar-refractivity contribution in [3.63, 3.8) is 0 Å². The number of carbonyl (C=O) groups excluding carboxylic acids is 2. The van der Waals surface area contributed by atoms with Gasteiger partial charge in [-0.25, -0.2) is 0 Å². The van der Waals surface area contributed by atoms with Crippen molar-refractivity contribution in [1.29, 1.82) is 0 Å². The second kappa shape index (κ2) is 9.90. The number of rotatable bonds is 6. The molecular formula is C16H26ClN3O2S. The van der Waals surface area contributed by atoms with Crippen LogP contribution in [-0.2, 0) is 4.79 Å². The summed E-state index contributed by atoms with van der Waals surface area (Å²) in [7, 11) is 0. The van der Waals surface area contributed by atoms with Crippen LogP contribution in [0.3, 0.4) is 0 Å². The van der Waals surface area contributed by atoms with Crippen LogP contribution in [-0.4, -0.2) is 30.4 Å². The summed E-state index contributed by atoms with van der Waals surface area (Å²) in [6.07, 6.45) is 5.94. The summed E-state index contributed by atoms with van der Waals surface area (Å²) in [4.78, 5) is 24.9. The Morgan fingerprint density at radius 1 is 1.30 bits per heavy atom. The van der Waals surface area contributed by atoms with Gasteiger partial charge in [0.2, 0.25) is 5.91 Å². The lowest BCUT2D eigenvalue weighted by Gasteiger charge is -2.31. The maximum atomic E-state index is 12.3. The summed E-state index contributed by atoms with van der Waals surface area (Å²) >= 11 is 1.36. The Morgan fingerprint density at radius 3 is 2.57 bits per heavy atom. The predicted octanol–water partition coefficient (Wildman–Crippen LogP) is 2.31. The first-order valence-electron chi connectivity index (χ1n) is 7.96. The van der Waals surface area contributed by atoms with Crippen LogP contribution in [0.5, 0.6) is 0 Å². The average molecular weight is 360 g/mol. The Labute approximate surface area is 147 Å². The van der Waals surface area contributed by atoms with Gasteiger partial charge in [0.15, 0.2) is 0 Å². The first kappa shape index (κ1) is 19.9. The van der Waals surface area contributed by atoms with Gasteiger partial charge in [-0.2, -0.15) is 0 Å². The van der Waals surface area contributed by atoms with E-state index in [1.54, 1.807) is 13.0 Å². The summed E-state index contributed by atoms with van der Waals surface area (Å²) in [6.45, 7) is 2.15. The number of nitrogens with two attached hydrogens (primary N) is 1. The van der Waals surface area contributed by atoms with Crippen LogP contribution >= 0.6 is 23.7 Å². The number of halogens is 1. The van der Waals surface area contributed by atoms with E-state index in [0.29, 0.717) is 17.3 Å². The number of carbonyl (C=O) groups is 2. The molecule has 0 aliphatic heterocycles. The van der Waals surface area contributed by atoms with Gasteiger partial charge in [-0.1, -0.05) is 25.3 Å². The molecule has 0 spiro atoms. The van der Waals surface area contributed by atoms with E-state index in [2.05, 4.69) is 10.6 Å². The van der Waals surface area contributed by atoms with E-state index in [1.807, 2.05) is 11.4 Å². The fourth-order valence-electron chi connectivity index (χ4n) is 2.95. The molecule has 2 rings (SSSR count). The van der Waals surface area contributed by atoms with Crippen molar-refractivity contribution < 1.29 is 9.59 Å². The maximum absolute atomic E-state index is 12.3. The third kappa shape index (κ3) is 5.79. The topological polar surface area (TPSA) is 84.2 Å². The molecule has 1 heterocycles. The monoisotopic (exact) mass is 359 g/mol. The van der Waals surface area contributed by atoms with Crippen molar-refractivity contribution >= 4 is 35.6 Å². The molecule has 0 bridgehead atoms.